The highest BCUT2D eigenvalue weighted by molar-refractivity contribution is 5.86. The molecule has 0 radical (unpaired) electrons. The molecule has 0 fully saturated rings. The normalized spacial score (nSPS) is 15.4. The number of amides is 1. The van der Waals surface area contributed by atoms with Gasteiger partial charge < -0.3 is 10.6 Å². The van der Waals surface area contributed by atoms with Gasteiger partial charge in [0.2, 0.25) is 5.91 Å². The quantitative estimate of drug-likeness (QED) is 0.849. The number of hydrogen-bond acceptors (Lipinski definition) is 2. The van der Waals surface area contributed by atoms with E-state index in [4.69, 9.17) is 5.73 Å². The Morgan fingerprint density at radius 1 is 0.909 bits per heavy atom. The van der Waals surface area contributed by atoms with Gasteiger partial charge in [-0.2, -0.15) is 26.3 Å². The van der Waals surface area contributed by atoms with E-state index < -0.39 is 40.5 Å². The van der Waals surface area contributed by atoms with Gasteiger partial charge in [-0.15, -0.1) is 0 Å². The summed E-state index contributed by atoms with van der Waals surface area (Å²) in [6.07, 6.45) is -9.99. The predicted octanol–water partition coefficient (Wildman–Crippen LogP) is 2.99. The van der Waals surface area contributed by atoms with Crippen molar-refractivity contribution in [1.29, 1.82) is 0 Å². The van der Waals surface area contributed by atoms with E-state index in [1.165, 1.54) is 14.1 Å². The summed E-state index contributed by atoms with van der Waals surface area (Å²) in [4.78, 5) is 12.9. The van der Waals surface area contributed by atoms with Crippen molar-refractivity contribution in [2.75, 3.05) is 14.1 Å². The van der Waals surface area contributed by atoms with E-state index in [9.17, 15) is 31.1 Å². The van der Waals surface area contributed by atoms with E-state index >= 15 is 0 Å². The Kier molecular flexibility index (Phi) is 4.53. The first-order valence-corrected chi connectivity index (χ1v) is 5.98. The average molecular weight is 328 g/mol. The van der Waals surface area contributed by atoms with E-state index in [0.717, 1.165) is 11.8 Å². The van der Waals surface area contributed by atoms with Gasteiger partial charge in [-0.1, -0.05) is 0 Å². The minimum absolute atomic E-state index is 0.0142. The molecule has 0 spiro atoms. The van der Waals surface area contributed by atoms with E-state index in [0.29, 0.717) is 12.1 Å². The minimum atomic E-state index is -4.99. The number of likely N-dealkylation sites (N-methyl/N-ethyl adjacent to an activating group) is 1. The molecule has 1 amide bonds. The maximum absolute atomic E-state index is 12.8. The van der Waals surface area contributed by atoms with Gasteiger partial charge in [0.05, 0.1) is 11.1 Å². The van der Waals surface area contributed by atoms with Crippen molar-refractivity contribution in [1.82, 2.24) is 4.90 Å². The van der Waals surface area contributed by atoms with Crippen LogP contribution in [0.15, 0.2) is 18.2 Å². The van der Waals surface area contributed by atoms with Gasteiger partial charge in [0.25, 0.3) is 0 Å². The summed E-state index contributed by atoms with van der Waals surface area (Å²) in [6.45, 7) is 1.06. The summed E-state index contributed by atoms with van der Waals surface area (Å²) in [5, 5.41) is 0. The molecule has 1 rings (SSSR count). The van der Waals surface area contributed by atoms with Crippen LogP contribution in [0.25, 0.3) is 0 Å². The van der Waals surface area contributed by atoms with Crippen molar-refractivity contribution >= 4 is 5.91 Å². The standard InChI is InChI=1S/C13H14F6N2O/c1-11(20,10(22)21(2)3)7-4-8(12(14,15)16)6-9(5-7)13(17,18)19/h4-6H,20H2,1-3H3. The molecule has 0 saturated heterocycles. The van der Waals surface area contributed by atoms with Gasteiger partial charge in [0.15, 0.2) is 0 Å². The second-order valence-electron chi connectivity index (χ2n) is 5.20. The van der Waals surface area contributed by atoms with Crippen LogP contribution in [-0.2, 0) is 22.7 Å². The molecule has 9 heteroatoms. The van der Waals surface area contributed by atoms with Gasteiger partial charge in [-0.3, -0.25) is 4.79 Å². The Labute approximate surface area is 122 Å². The SMILES string of the molecule is CN(C)C(=O)C(C)(N)c1cc(C(F)(F)F)cc(C(F)(F)F)c1. The summed E-state index contributed by atoms with van der Waals surface area (Å²) in [6, 6.07) is 0.896. The second kappa shape index (κ2) is 5.45. The third-order valence-corrected chi connectivity index (χ3v) is 3.04. The highest BCUT2D eigenvalue weighted by Gasteiger charge is 2.40. The van der Waals surface area contributed by atoms with E-state index in [-0.39, 0.29) is 6.07 Å². The maximum Gasteiger partial charge on any atom is 0.416 e. The summed E-state index contributed by atoms with van der Waals surface area (Å²) in [7, 11) is 2.59. The zero-order chi connectivity index (χ0) is 17.5. The number of hydrogen-bond donors (Lipinski definition) is 1. The summed E-state index contributed by atoms with van der Waals surface area (Å²) in [5.74, 6) is -0.819. The maximum atomic E-state index is 12.8. The van der Waals surface area contributed by atoms with Gasteiger partial charge in [-0.05, 0) is 30.7 Å². The molecule has 0 aliphatic carbocycles. The predicted molar refractivity (Wildman–Crippen MR) is 66.7 cm³/mol. The number of benzene rings is 1. The summed E-state index contributed by atoms with van der Waals surface area (Å²) in [5.41, 5.74) is 0.0694. The molecule has 1 unspecified atom stereocenters. The third kappa shape index (κ3) is 3.70. The first-order valence-electron chi connectivity index (χ1n) is 5.98. The van der Waals surface area contributed by atoms with Gasteiger partial charge in [0, 0.05) is 14.1 Å². The number of carbonyl (C=O) groups excluding carboxylic acids is 1. The molecule has 22 heavy (non-hydrogen) atoms. The molecule has 0 heterocycles. The fourth-order valence-corrected chi connectivity index (χ4v) is 1.84. The molecule has 124 valence electrons. The number of halogens is 6. The number of nitrogens with two attached hydrogens (primary N) is 1. The smallest absolute Gasteiger partial charge is 0.347 e. The van der Waals surface area contributed by atoms with Crippen LogP contribution in [-0.4, -0.2) is 24.9 Å². The summed E-state index contributed by atoms with van der Waals surface area (Å²) < 4.78 is 76.7. The first-order chi connectivity index (χ1) is 9.67. The molecular weight excluding hydrogens is 314 g/mol. The molecular formula is C13H14F6N2O. The lowest BCUT2D eigenvalue weighted by atomic mass is 9.88. The van der Waals surface area contributed by atoms with Crippen LogP contribution in [0, 0.1) is 0 Å². The lowest BCUT2D eigenvalue weighted by molar-refractivity contribution is -0.144. The monoisotopic (exact) mass is 328 g/mol. The molecule has 0 bridgehead atoms. The Morgan fingerprint density at radius 3 is 1.50 bits per heavy atom. The zero-order valence-corrected chi connectivity index (χ0v) is 11.9. The van der Waals surface area contributed by atoms with E-state index in [1.54, 1.807) is 0 Å². The molecule has 1 aromatic rings. The molecule has 0 aliphatic rings. The highest BCUT2D eigenvalue weighted by Crippen LogP contribution is 2.38. The Balaban J connectivity index is 3.58. The molecule has 1 aromatic carbocycles. The zero-order valence-electron chi connectivity index (χ0n) is 11.9. The van der Waals surface area contributed by atoms with Crippen LogP contribution in [0.4, 0.5) is 26.3 Å². The molecule has 1 atom stereocenters. The molecule has 2 N–H and O–H groups in total. The molecule has 3 nitrogen and oxygen atoms in total. The highest BCUT2D eigenvalue weighted by atomic mass is 19.4. The molecule has 0 aromatic heterocycles. The Bertz CT molecular complexity index is 543. The third-order valence-electron chi connectivity index (χ3n) is 3.04. The first kappa shape index (κ1) is 18.3. The second-order valence-corrected chi connectivity index (χ2v) is 5.20. The van der Waals surface area contributed by atoms with Crippen LogP contribution in [0.3, 0.4) is 0 Å². The fourth-order valence-electron chi connectivity index (χ4n) is 1.84. The van der Waals surface area contributed by atoms with Crippen LogP contribution in [0.2, 0.25) is 0 Å². The van der Waals surface area contributed by atoms with Crippen LogP contribution in [0.1, 0.15) is 23.6 Å². The van der Waals surface area contributed by atoms with Crippen LogP contribution < -0.4 is 5.73 Å². The number of rotatable bonds is 2. The van der Waals surface area contributed by atoms with E-state index in [1.807, 2.05) is 0 Å². The molecule has 0 saturated carbocycles. The summed E-state index contributed by atoms with van der Waals surface area (Å²) >= 11 is 0. The van der Waals surface area contributed by atoms with E-state index in [2.05, 4.69) is 0 Å². The Hall–Kier alpha value is -1.77. The van der Waals surface area contributed by atoms with Gasteiger partial charge >= 0.3 is 12.4 Å². The minimum Gasteiger partial charge on any atom is -0.347 e. The fraction of sp³-hybridized carbons (Fsp3) is 0.462. The van der Waals surface area contributed by atoms with Crippen LogP contribution >= 0.6 is 0 Å². The molecule has 0 aliphatic heterocycles. The number of alkyl halides is 6. The van der Waals surface area contributed by atoms with Crippen molar-refractivity contribution in [3.63, 3.8) is 0 Å². The Morgan fingerprint density at radius 2 is 1.23 bits per heavy atom. The van der Waals surface area contributed by atoms with Gasteiger partial charge in [0.1, 0.15) is 5.54 Å². The van der Waals surface area contributed by atoms with Crippen LogP contribution in [0.5, 0.6) is 0 Å². The lowest BCUT2D eigenvalue weighted by Gasteiger charge is -2.28. The number of carbonyl (C=O) groups is 1. The van der Waals surface area contributed by atoms with Crippen molar-refractivity contribution < 1.29 is 31.1 Å². The van der Waals surface area contributed by atoms with Crippen molar-refractivity contribution in [3.8, 4) is 0 Å². The van der Waals surface area contributed by atoms with Crippen molar-refractivity contribution in [2.24, 2.45) is 5.73 Å². The van der Waals surface area contributed by atoms with Crippen molar-refractivity contribution in [3.05, 3.63) is 34.9 Å². The van der Waals surface area contributed by atoms with Crippen molar-refractivity contribution in [2.45, 2.75) is 24.8 Å². The largest absolute Gasteiger partial charge is 0.416 e. The topological polar surface area (TPSA) is 46.3 Å². The number of nitrogens with zero attached hydrogens (tertiary/aromatic N) is 1. The average Bonchev–Trinajstić information content (AvgIpc) is 2.35. The lowest BCUT2D eigenvalue weighted by Crippen LogP contribution is -2.48. The van der Waals surface area contributed by atoms with Gasteiger partial charge in [-0.25, -0.2) is 0 Å².